The lowest BCUT2D eigenvalue weighted by atomic mass is 9.70. The lowest BCUT2D eigenvalue weighted by Gasteiger charge is -2.31. The van der Waals surface area contributed by atoms with Crippen molar-refractivity contribution in [2.75, 3.05) is 0 Å². The van der Waals surface area contributed by atoms with Gasteiger partial charge in [0.15, 0.2) is 11.4 Å². The number of oxazole rings is 1. The number of nitrogens with zero attached hydrogens (tertiary/aromatic N) is 1. The fraction of sp³-hybridized carbons (Fsp3) is 0.385. The predicted octanol–water partition coefficient (Wildman–Crippen LogP) is 6.47. The van der Waals surface area contributed by atoms with Crippen LogP contribution in [0.15, 0.2) is 52.5 Å². The third kappa shape index (κ3) is 2.56. The number of aryl methyl sites for hydroxylation is 1. The van der Waals surface area contributed by atoms with Crippen LogP contribution in [0.25, 0.3) is 28.6 Å². The maximum atomic E-state index is 13.1. The minimum Gasteiger partial charge on any atom is -0.436 e. The number of ketones is 1. The third-order valence-electron chi connectivity index (χ3n) is 7.71. The van der Waals surface area contributed by atoms with Gasteiger partial charge in [-0.3, -0.25) is 4.79 Å². The highest BCUT2D eigenvalue weighted by atomic mass is 16.3. The van der Waals surface area contributed by atoms with Crippen molar-refractivity contribution in [3.63, 3.8) is 0 Å². The van der Waals surface area contributed by atoms with E-state index in [0.717, 1.165) is 47.1 Å². The van der Waals surface area contributed by atoms with E-state index in [2.05, 4.69) is 63.0 Å². The summed E-state index contributed by atoms with van der Waals surface area (Å²) in [6, 6.07) is 14.3. The molecule has 1 heterocycles. The Kier molecular flexibility index (Phi) is 3.90. The molecule has 2 bridgehead atoms. The van der Waals surface area contributed by atoms with E-state index in [0.29, 0.717) is 17.6 Å². The highest BCUT2D eigenvalue weighted by Crippen LogP contribution is 2.65. The second-order valence-electron chi connectivity index (χ2n) is 9.37. The van der Waals surface area contributed by atoms with Crippen LogP contribution >= 0.6 is 0 Å². The second-order valence-corrected chi connectivity index (χ2v) is 9.37. The summed E-state index contributed by atoms with van der Waals surface area (Å²) in [6.07, 6.45) is 5.21. The van der Waals surface area contributed by atoms with Crippen LogP contribution in [0.5, 0.6) is 0 Å². The Hall–Kier alpha value is -2.68. The topological polar surface area (TPSA) is 43.1 Å². The average Bonchev–Trinajstić information content (AvgIpc) is 3.28. The zero-order chi connectivity index (χ0) is 20.4. The molecular formula is C26H27NO2. The molecule has 5 rings (SSSR count). The lowest BCUT2D eigenvalue weighted by Crippen LogP contribution is -2.32. The Bertz CT molecular complexity index is 1150. The van der Waals surface area contributed by atoms with Gasteiger partial charge in [0.25, 0.3) is 0 Å². The number of fused-ring (bicyclic) bond motifs is 3. The fourth-order valence-electron chi connectivity index (χ4n) is 5.31. The summed E-state index contributed by atoms with van der Waals surface area (Å²) in [4.78, 5) is 17.7. The van der Waals surface area contributed by atoms with E-state index in [4.69, 9.17) is 4.42 Å². The second kappa shape index (κ2) is 6.16. The number of Topliss-reactive ketones (excluding diaryl/α,β-unsaturated/α-hetero) is 1. The van der Waals surface area contributed by atoms with E-state index in [1.807, 2.05) is 18.2 Å². The SMILES string of the molecule is CCc1ccc2oc(-c3ccc(C=C4C(=O)C5(C)CCC4C5(C)C)cc3)nc2c1. The van der Waals surface area contributed by atoms with Crippen LogP contribution in [0, 0.1) is 16.7 Å². The van der Waals surface area contributed by atoms with Gasteiger partial charge in [0.05, 0.1) is 0 Å². The average molecular weight is 386 g/mol. The molecule has 148 valence electrons. The molecule has 3 nitrogen and oxygen atoms in total. The Balaban J connectivity index is 1.46. The van der Waals surface area contributed by atoms with Crippen molar-refractivity contribution >= 4 is 23.0 Å². The Labute approximate surface area is 171 Å². The third-order valence-corrected chi connectivity index (χ3v) is 7.71. The Morgan fingerprint density at radius 1 is 1.14 bits per heavy atom. The van der Waals surface area contributed by atoms with E-state index < -0.39 is 0 Å². The fourth-order valence-corrected chi connectivity index (χ4v) is 5.31. The van der Waals surface area contributed by atoms with E-state index in [1.165, 1.54) is 5.56 Å². The maximum Gasteiger partial charge on any atom is 0.227 e. The largest absolute Gasteiger partial charge is 0.436 e. The smallest absolute Gasteiger partial charge is 0.227 e. The molecule has 0 radical (unpaired) electrons. The van der Waals surface area contributed by atoms with Gasteiger partial charge in [-0.1, -0.05) is 45.9 Å². The van der Waals surface area contributed by atoms with E-state index in [-0.39, 0.29) is 10.8 Å². The molecule has 0 amide bonds. The molecule has 2 aromatic carbocycles. The molecule has 2 aliphatic rings. The highest BCUT2D eigenvalue weighted by molar-refractivity contribution is 6.08. The number of hydrogen-bond donors (Lipinski definition) is 0. The lowest BCUT2D eigenvalue weighted by molar-refractivity contribution is -0.125. The quantitative estimate of drug-likeness (QED) is 0.486. The molecular weight excluding hydrogens is 358 g/mol. The standard InChI is InChI=1S/C26H27NO2/c1-5-16-8-11-22-21(15-16)27-24(29-22)18-9-6-17(7-10-18)14-19-20-12-13-26(4,23(19)28)25(20,2)3/h6-11,14-15,20H,5,12-13H2,1-4H3. The molecule has 2 atom stereocenters. The van der Waals surface area contributed by atoms with Crippen molar-refractivity contribution in [1.82, 2.24) is 4.98 Å². The van der Waals surface area contributed by atoms with Crippen LogP contribution in [-0.4, -0.2) is 10.8 Å². The number of rotatable bonds is 3. The van der Waals surface area contributed by atoms with Crippen molar-refractivity contribution in [2.24, 2.45) is 16.7 Å². The molecule has 29 heavy (non-hydrogen) atoms. The number of hydrogen-bond acceptors (Lipinski definition) is 3. The van der Waals surface area contributed by atoms with Gasteiger partial charge in [-0.05, 0) is 77.6 Å². The van der Waals surface area contributed by atoms with Crippen molar-refractivity contribution in [3.8, 4) is 11.5 Å². The first-order valence-electron chi connectivity index (χ1n) is 10.6. The van der Waals surface area contributed by atoms with Crippen LogP contribution in [0.1, 0.15) is 51.7 Å². The zero-order valence-electron chi connectivity index (χ0n) is 17.6. The van der Waals surface area contributed by atoms with Crippen LogP contribution in [0.3, 0.4) is 0 Å². The van der Waals surface area contributed by atoms with Crippen molar-refractivity contribution in [3.05, 3.63) is 59.2 Å². The van der Waals surface area contributed by atoms with Gasteiger partial charge >= 0.3 is 0 Å². The first-order chi connectivity index (χ1) is 13.8. The molecule has 0 N–H and O–H groups in total. The predicted molar refractivity (Wildman–Crippen MR) is 116 cm³/mol. The van der Waals surface area contributed by atoms with Gasteiger partial charge in [0, 0.05) is 11.0 Å². The highest BCUT2D eigenvalue weighted by Gasteiger charge is 2.63. The number of allylic oxidation sites excluding steroid dienone is 1. The summed E-state index contributed by atoms with van der Waals surface area (Å²) >= 11 is 0. The monoisotopic (exact) mass is 385 g/mol. The van der Waals surface area contributed by atoms with Gasteiger partial charge in [0.1, 0.15) is 5.52 Å². The minimum atomic E-state index is -0.209. The normalized spacial score (nSPS) is 26.7. The molecule has 2 saturated carbocycles. The molecule has 2 fully saturated rings. The molecule has 1 aromatic heterocycles. The summed E-state index contributed by atoms with van der Waals surface area (Å²) in [6.45, 7) is 8.79. The van der Waals surface area contributed by atoms with Gasteiger partial charge < -0.3 is 4.42 Å². The van der Waals surface area contributed by atoms with Gasteiger partial charge in [-0.15, -0.1) is 0 Å². The molecule has 3 aromatic rings. The Morgan fingerprint density at radius 2 is 1.90 bits per heavy atom. The molecule has 2 unspecified atom stereocenters. The molecule has 0 saturated heterocycles. The number of carbonyl (C=O) groups excluding carboxylic acids is 1. The Morgan fingerprint density at radius 3 is 2.55 bits per heavy atom. The van der Waals surface area contributed by atoms with Crippen molar-refractivity contribution in [1.29, 1.82) is 0 Å². The summed E-state index contributed by atoms with van der Waals surface area (Å²) < 4.78 is 5.94. The first kappa shape index (κ1) is 18.4. The van der Waals surface area contributed by atoms with Crippen LogP contribution in [0.2, 0.25) is 0 Å². The molecule has 2 aliphatic carbocycles. The van der Waals surface area contributed by atoms with Crippen molar-refractivity contribution in [2.45, 2.75) is 47.0 Å². The van der Waals surface area contributed by atoms with Gasteiger partial charge in [-0.2, -0.15) is 0 Å². The van der Waals surface area contributed by atoms with Crippen LogP contribution < -0.4 is 0 Å². The zero-order valence-corrected chi connectivity index (χ0v) is 17.6. The van der Waals surface area contributed by atoms with E-state index in [9.17, 15) is 4.79 Å². The summed E-state index contributed by atoms with van der Waals surface area (Å²) in [7, 11) is 0. The maximum absolute atomic E-state index is 13.1. The number of aromatic nitrogens is 1. The van der Waals surface area contributed by atoms with Crippen molar-refractivity contribution < 1.29 is 9.21 Å². The number of carbonyl (C=O) groups is 1. The minimum absolute atomic E-state index is 0.0470. The van der Waals surface area contributed by atoms with Gasteiger partial charge in [-0.25, -0.2) is 4.98 Å². The van der Waals surface area contributed by atoms with Crippen LogP contribution in [0.4, 0.5) is 0 Å². The van der Waals surface area contributed by atoms with E-state index >= 15 is 0 Å². The summed E-state index contributed by atoms with van der Waals surface area (Å²) in [5, 5.41) is 0. The van der Waals surface area contributed by atoms with E-state index in [1.54, 1.807) is 0 Å². The summed E-state index contributed by atoms with van der Waals surface area (Å²) in [5.74, 6) is 1.34. The first-order valence-corrected chi connectivity index (χ1v) is 10.6. The molecule has 0 spiro atoms. The molecule has 3 heteroatoms. The summed E-state index contributed by atoms with van der Waals surface area (Å²) in [5.41, 5.74) is 5.82. The number of benzene rings is 2. The molecule has 0 aliphatic heterocycles. The van der Waals surface area contributed by atoms with Gasteiger partial charge in [0.2, 0.25) is 5.89 Å². The van der Waals surface area contributed by atoms with Crippen LogP contribution in [-0.2, 0) is 11.2 Å².